The van der Waals surface area contributed by atoms with Crippen molar-refractivity contribution in [3.8, 4) is 0 Å². The minimum Gasteiger partial charge on any atom is -0.443 e. The summed E-state index contributed by atoms with van der Waals surface area (Å²) in [5.41, 5.74) is -1.42. The fraction of sp³-hybridized carbons (Fsp3) is 0.794. The number of rotatable bonds is 16. The van der Waals surface area contributed by atoms with Crippen molar-refractivity contribution in [3.63, 3.8) is 0 Å². The molecule has 2 fully saturated rings. The van der Waals surface area contributed by atoms with Crippen molar-refractivity contribution in [3.05, 3.63) is 12.2 Å². The van der Waals surface area contributed by atoms with Crippen LogP contribution in [0.5, 0.6) is 0 Å². The van der Waals surface area contributed by atoms with E-state index in [4.69, 9.17) is 4.74 Å². The lowest BCUT2D eigenvalue weighted by atomic mass is 9.91. The van der Waals surface area contributed by atoms with Gasteiger partial charge in [0, 0.05) is 68.8 Å². The molecule has 94 heavy (non-hydrogen) atoms. The van der Waals surface area contributed by atoms with E-state index in [0.29, 0.717) is 13.1 Å². The number of aliphatic hydroxyl groups excluding tert-OH is 1. The number of hydrogen-bond acceptors (Lipinski definition) is 14. The molecular weight excluding hydrogens is 1210 g/mol. The first-order valence-corrected chi connectivity index (χ1v) is 33.8. The second kappa shape index (κ2) is 37.4. The minimum atomic E-state index is -1.66. The zero-order valence-electron chi connectivity index (χ0n) is 61.3. The van der Waals surface area contributed by atoms with Crippen molar-refractivity contribution in [2.24, 2.45) is 35.5 Å². The molecule has 0 aromatic rings. The Bertz CT molecular complexity index is 2640. The van der Waals surface area contributed by atoms with Crippen LogP contribution in [0.15, 0.2) is 12.2 Å². The topological polar surface area (TPSA) is 308 Å². The van der Waals surface area contributed by atoms with E-state index in [9.17, 15) is 43.5 Å². The zero-order valence-corrected chi connectivity index (χ0v) is 61.3. The smallest absolute Gasteiger partial charge is 0.410 e. The maximum Gasteiger partial charge on any atom is 0.410 e. The van der Waals surface area contributed by atoms with Gasteiger partial charge in [-0.05, 0) is 121 Å². The average Bonchev–Trinajstić information content (AvgIpc) is 0.809. The number of nitrogens with zero attached hydrogens (tertiary/aromatic N) is 8. The fourth-order valence-electron chi connectivity index (χ4n) is 12.1. The molecule has 26 nitrogen and oxygen atoms in total. The predicted molar refractivity (Wildman–Crippen MR) is 360 cm³/mol. The van der Waals surface area contributed by atoms with Crippen LogP contribution in [0.25, 0.3) is 0 Å². The Balaban J connectivity index is 3.03. The largest absolute Gasteiger partial charge is 0.443 e. The molecule has 2 rings (SSSR count). The van der Waals surface area contributed by atoms with Gasteiger partial charge in [-0.1, -0.05) is 95.2 Å². The molecule has 0 aromatic heterocycles. The summed E-state index contributed by atoms with van der Waals surface area (Å²) in [7, 11) is 9.72. The molecule has 0 aliphatic carbocycles. The molecule has 536 valence electrons. The van der Waals surface area contributed by atoms with Crippen molar-refractivity contribution in [2.45, 2.75) is 248 Å². The summed E-state index contributed by atoms with van der Waals surface area (Å²) in [6.07, 6.45) is 4.24. The summed E-state index contributed by atoms with van der Waals surface area (Å²) < 4.78 is 6.04. The number of ether oxygens (including phenoxy) is 1. The van der Waals surface area contributed by atoms with Gasteiger partial charge in [-0.25, -0.2) is 4.79 Å². The van der Waals surface area contributed by atoms with Crippen molar-refractivity contribution in [1.29, 1.82) is 0 Å². The number of carbonyl (C=O) groups excluding carboxylic acids is 12. The van der Waals surface area contributed by atoms with Gasteiger partial charge in [-0.3, -0.25) is 52.7 Å². The van der Waals surface area contributed by atoms with Crippen molar-refractivity contribution in [2.75, 3.05) is 69.0 Å². The molecule has 0 aromatic carbocycles. The molecule has 26 heteroatoms. The molecule has 2 heterocycles. The minimum absolute atomic E-state index is 0.0295. The Morgan fingerprint density at radius 3 is 1.50 bits per heavy atom. The number of nitrogens with one attached hydrogen (secondary N) is 4. The predicted octanol–water partition coefficient (Wildman–Crippen LogP) is 4.01. The summed E-state index contributed by atoms with van der Waals surface area (Å²) in [6.45, 7) is 29.4. The molecule has 2 saturated heterocycles. The average molecular weight is 1330 g/mol. The molecule has 0 radical (unpaired) electrons. The maximum absolute atomic E-state index is 15.2. The number of likely N-dealkylation sites (tertiary alicyclic amines) is 1. The van der Waals surface area contributed by atoms with Crippen LogP contribution in [0.1, 0.15) is 175 Å². The van der Waals surface area contributed by atoms with Gasteiger partial charge in [0.2, 0.25) is 65.0 Å². The van der Waals surface area contributed by atoms with E-state index in [-0.39, 0.29) is 56.3 Å². The van der Waals surface area contributed by atoms with Gasteiger partial charge < -0.3 is 70.3 Å². The molecule has 5 N–H and O–H groups in total. The quantitative estimate of drug-likeness (QED) is 0.137. The third kappa shape index (κ3) is 23.2. The molecule has 2 aliphatic heterocycles. The highest BCUT2D eigenvalue weighted by Crippen LogP contribution is 2.27. The summed E-state index contributed by atoms with van der Waals surface area (Å²) in [5, 5.41) is 23.1. The van der Waals surface area contributed by atoms with E-state index in [0.717, 1.165) is 34.0 Å². The Morgan fingerprint density at radius 2 is 1.01 bits per heavy atom. The zero-order chi connectivity index (χ0) is 72.3. The number of piperidine rings is 1. The Hall–Kier alpha value is -6.86. The van der Waals surface area contributed by atoms with Crippen LogP contribution < -0.4 is 21.3 Å². The number of hydrogen-bond donors (Lipinski definition) is 5. The lowest BCUT2D eigenvalue weighted by Crippen LogP contribution is -2.63. The van der Waals surface area contributed by atoms with Gasteiger partial charge >= 0.3 is 6.09 Å². The second-order valence-electron chi connectivity index (χ2n) is 28.8. The molecule has 0 bridgehead atoms. The lowest BCUT2D eigenvalue weighted by molar-refractivity contribution is -0.157. The van der Waals surface area contributed by atoms with E-state index in [1.165, 1.54) is 82.8 Å². The van der Waals surface area contributed by atoms with Gasteiger partial charge in [0.15, 0.2) is 0 Å². The first-order valence-electron chi connectivity index (χ1n) is 33.8. The standard InChI is InChI=1S/C68H120N12O14/c1-25-27-31-44(13)56(82)55-60(86)71-47(26-2)62(88)73(18)38-52(81)74(19)51(37-68(16,17)94-67(93)80-32-29-28-30-33-80)59(85)72-53(42(9)10)65(91)75(20)48(34-39(3)4)58(84)69-45(14)57(83)70-46(15)61(87)76(21)49(35-40(5)6)63(89)77(22)50(36-41(7)8)64(90)78(23)54(43(11)12)66(92)79(55)24/h25,27,39-51,53-56,82H,26,28-38H2,1-24H3,(H,69,84)(H,70,83)(H,71,86)(H,72,85)/b27-25+/t44?,45-,46+,47-,48-,49-,50-,51-,53-,54-,55-,56?/m0/s1. The van der Waals surface area contributed by atoms with Crippen molar-refractivity contribution < 1.29 is 67.4 Å². The van der Waals surface area contributed by atoms with Crippen LogP contribution in [-0.4, -0.2) is 256 Å². The molecular formula is C68H120N12O14. The van der Waals surface area contributed by atoms with E-state index in [1.807, 2.05) is 41.5 Å². The highest BCUT2D eigenvalue weighted by molar-refractivity contribution is 5.99. The van der Waals surface area contributed by atoms with Gasteiger partial charge in [0.05, 0.1) is 12.6 Å². The third-order valence-electron chi connectivity index (χ3n) is 18.0. The number of allylic oxidation sites excluding steroid dienone is 2. The van der Waals surface area contributed by atoms with E-state index >= 15 is 19.2 Å². The van der Waals surface area contributed by atoms with Crippen LogP contribution in [0.4, 0.5) is 4.79 Å². The molecule has 12 atom stereocenters. The fourth-order valence-corrected chi connectivity index (χ4v) is 12.1. The van der Waals surface area contributed by atoms with E-state index in [2.05, 4.69) is 21.3 Å². The van der Waals surface area contributed by atoms with E-state index in [1.54, 1.807) is 79.4 Å². The van der Waals surface area contributed by atoms with Crippen molar-refractivity contribution in [1.82, 2.24) is 60.5 Å². The summed E-state index contributed by atoms with van der Waals surface area (Å²) in [6, 6.07) is -13.1. The number of aliphatic hydroxyl groups is 1. The van der Waals surface area contributed by atoms with Crippen LogP contribution >= 0.6 is 0 Å². The number of amides is 12. The summed E-state index contributed by atoms with van der Waals surface area (Å²) in [4.78, 5) is 186. The van der Waals surface area contributed by atoms with Crippen molar-refractivity contribution >= 4 is 71.1 Å². The second-order valence-corrected chi connectivity index (χ2v) is 28.8. The third-order valence-corrected chi connectivity index (χ3v) is 18.0. The molecule has 0 spiro atoms. The summed E-state index contributed by atoms with van der Waals surface area (Å²) in [5.74, 6) is -10.5. The number of carbonyl (C=O) groups is 12. The Kier molecular flexibility index (Phi) is 33.2. The SMILES string of the molecule is C/C=C/CC(C)C(O)[C@H]1C(=O)N[C@@H](CC)C(=O)N(C)CC(=O)N(C)[C@@H](CC(C)(C)OC(=O)N2CCCCC2)C(=O)N[C@@H](C(C)C)C(=O)N(C)[C@@H](CC(C)C)C(=O)N[C@@H](C)C(=O)N[C@H](C)C(=O)N(C)[C@@H](CC(C)C)C(=O)N(C)[C@@H](CC(C)C)C(=O)N(C)[C@@H](C(C)C)C(=O)N1C. The number of likely N-dealkylation sites (N-methyl/N-ethyl adjacent to an activating group) is 7. The normalized spacial score (nSPS) is 26.5. The van der Waals surface area contributed by atoms with Gasteiger partial charge in [0.1, 0.15) is 66.0 Å². The monoisotopic (exact) mass is 1330 g/mol. The van der Waals surface area contributed by atoms with Crippen LogP contribution in [0, 0.1) is 35.5 Å². The lowest BCUT2D eigenvalue weighted by Gasteiger charge is -2.41. The first kappa shape index (κ1) is 83.2. The molecule has 0 saturated carbocycles. The Labute approximate surface area is 561 Å². The summed E-state index contributed by atoms with van der Waals surface area (Å²) >= 11 is 0. The highest BCUT2D eigenvalue weighted by atomic mass is 16.6. The van der Waals surface area contributed by atoms with E-state index < -0.39 is 167 Å². The van der Waals surface area contributed by atoms with Gasteiger partial charge in [-0.15, -0.1) is 0 Å². The van der Waals surface area contributed by atoms with Gasteiger partial charge in [-0.2, -0.15) is 0 Å². The molecule has 2 unspecified atom stereocenters. The molecule has 12 amide bonds. The first-order chi connectivity index (χ1) is 43.5. The van der Waals surface area contributed by atoms with Crippen LogP contribution in [0.2, 0.25) is 0 Å². The van der Waals surface area contributed by atoms with Gasteiger partial charge in [0.25, 0.3) is 0 Å². The highest BCUT2D eigenvalue weighted by Gasteiger charge is 2.46. The Morgan fingerprint density at radius 1 is 0.543 bits per heavy atom. The van der Waals surface area contributed by atoms with Crippen LogP contribution in [0.3, 0.4) is 0 Å². The molecule has 2 aliphatic rings. The van der Waals surface area contributed by atoms with Crippen LogP contribution in [-0.2, 0) is 57.5 Å². The maximum atomic E-state index is 15.2.